The van der Waals surface area contributed by atoms with Crippen molar-refractivity contribution in [1.82, 2.24) is 14.7 Å². The quantitative estimate of drug-likeness (QED) is 0.567. The number of aromatic nitrogens is 2. The predicted octanol–water partition coefficient (Wildman–Crippen LogP) is 4.24. The number of carboxylic acids is 2. The molecule has 1 fully saturated rings. The van der Waals surface area contributed by atoms with Crippen LogP contribution in [0.5, 0.6) is 0 Å². The lowest BCUT2D eigenvalue weighted by molar-refractivity contribution is -0.159. The van der Waals surface area contributed by atoms with Gasteiger partial charge in [0.25, 0.3) is 0 Å². The van der Waals surface area contributed by atoms with Gasteiger partial charge in [0, 0.05) is 18.7 Å². The third-order valence-corrected chi connectivity index (χ3v) is 6.40. The molecule has 5 rings (SSSR count). The van der Waals surface area contributed by atoms with E-state index in [4.69, 9.17) is 24.9 Å². The van der Waals surface area contributed by atoms with Crippen LogP contribution in [-0.2, 0) is 16.0 Å². The number of fused-ring (bicyclic) bond motifs is 1. The maximum atomic E-state index is 9.10. The Bertz CT molecular complexity index is 1140. The summed E-state index contributed by atoms with van der Waals surface area (Å²) in [5.74, 6) is -2.97. The molecule has 1 aliphatic heterocycles. The fraction of sp³-hybridized carbons (Fsp3) is 0.296. The van der Waals surface area contributed by atoms with Crippen molar-refractivity contribution < 1.29 is 19.8 Å². The van der Waals surface area contributed by atoms with Crippen LogP contribution in [0.25, 0.3) is 11.3 Å². The average molecular weight is 460 g/mol. The molecule has 0 bridgehead atoms. The zero-order valence-electron chi connectivity index (χ0n) is 19.0. The third-order valence-electron chi connectivity index (χ3n) is 6.40. The highest BCUT2D eigenvalue weighted by Gasteiger charge is 2.24. The normalized spacial score (nSPS) is 18.7. The first kappa shape index (κ1) is 23.4. The zero-order chi connectivity index (χ0) is 23.9. The third kappa shape index (κ3) is 5.61. The molecule has 0 saturated carbocycles. The number of allylic oxidation sites excluding steroid dienone is 1. The summed E-state index contributed by atoms with van der Waals surface area (Å²) in [5, 5.41) is 19.5. The first-order valence-corrected chi connectivity index (χ1v) is 11.6. The summed E-state index contributed by atoms with van der Waals surface area (Å²) in [6.45, 7) is 3.41. The average Bonchev–Trinajstić information content (AvgIpc) is 3.52. The smallest absolute Gasteiger partial charge is 0.414 e. The summed E-state index contributed by atoms with van der Waals surface area (Å²) in [6.07, 6.45) is 9.30. The van der Waals surface area contributed by atoms with Crippen LogP contribution in [0.3, 0.4) is 0 Å². The molecule has 0 radical (unpaired) electrons. The van der Waals surface area contributed by atoms with Crippen LogP contribution in [0.15, 0.2) is 72.9 Å². The largest absolute Gasteiger partial charge is 0.473 e. The molecule has 1 unspecified atom stereocenters. The van der Waals surface area contributed by atoms with Crippen molar-refractivity contribution in [3.63, 3.8) is 0 Å². The van der Waals surface area contributed by atoms with Crippen molar-refractivity contribution >= 4 is 17.5 Å². The van der Waals surface area contributed by atoms with Crippen molar-refractivity contribution in [2.45, 2.75) is 31.6 Å². The number of aliphatic carboxylic acids is 2. The molecule has 176 valence electrons. The van der Waals surface area contributed by atoms with Crippen LogP contribution in [0.4, 0.5) is 0 Å². The number of carbonyl (C=O) groups is 2. The summed E-state index contributed by atoms with van der Waals surface area (Å²) in [7, 11) is 0. The second-order valence-electron chi connectivity index (χ2n) is 8.60. The van der Waals surface area contributed by atoms with Gasteiger partial charge in [-0.1, -0.05) is 54.6 Å². The molecule has 1 atom stereocenters. The van der Waals surface area contributed by atoms with Gasteiger partial charge >= 0.3 is 11.9 Å². The Morgan fingerprint density at radius 2 is 1.65 bits per heavy atom. The first-order chi connectivity index (χ1) is 16.5. The van der Waals surface area contributed by atoms with Gasteiger partial charge in [-0.3, -0.25) is 4.90 Å². The van der Waals surface area contributed by atoms with Crippen molar-refractivity contribution in [2.24, 2.45) is 0 Å². The van der Waals surface area contributed by atoms with E-state index in [1.807, 2.05) is 0 Å². The topological polar surface area (TPSA) is 95.7 Å². The highest BCUT2D eigenvalue weighted by Crippen LogP contribution is 2.33. The maximum absolute atomic E-state index is 9.10. The van der Waals surface area contributed by atoms with E-state index < -0.39 is 11.9 Å². The number of nitrogens with zero attached hydrogens (tertiary/aromatic N) is 3. The number of benzene rings is 2. The van der Waals surface area contributed by atoms with Gasteiger partial charge in [-0.25, -0.2) is 14.3 Å². The Balaban J connectivity index is 0.000000408. The van der Waals surface area contributed by atoms with Crippen LogP contribution in [0.1, 0.15) is 42.0 Å². The van der Waals surface area contributed by atoms with Crippen LogP contribution >= 0.6 is 0 Å². The van der Waals surface area contributed by atoms with Gasteiger partial charge in [0.2, 0.25) is 0 Å². The Morgan fingerprint density at radius 1 is 0.971 bits per heavy atom. The van der Waals surface area contributed by atoms with Gasteiger partial charge in [-0.05, 0) is 61.4 Å². The Kier molecular flexibility index (Phi) is 7.54. The van der Waals surface area contributed by atoms with Gasteiger partial charge in [0.1, 0.15) is 0 Å². The molecule has 2 aromatic carbocycles. The summed E-state index contributed by atoms with van der Waals surface area (Å²) < 4.78 is 2.13. The molecule has 34 heavy (non-hydrogen) atoms. The Morgan fingerprint density at radius 3 is 2.32 bits per heavy atom. The summed E-state index contributed by atoms with van der Waals surface area (Å²) in [4.78, 5) is 20.8. The number of hydrogen-bond donors (Lipinski definition) is 2. The monoisotopic (exact) mass is 459 g/mol. The molecule has 2 N–H and O–H groups in total. The van der Waals surface area contributed by atoms with Crippen molar-refractivity contribution in [3.05, 3.63) is 89.8 Å². The minimum absolute atomic E-state index is 0.683. The highest BCUT2D eigenvalue weighted by atomic mass is 16.4. The van der Waals surface area contributed by atoms with Crippen molar-refractivity contribution in [2.75, 3.05) is 19.6 Å². The lowest BCUT2D eigenvalue weighted by Crippen LogP contribution is -2.20. The lowest BCUT2D eigenvalue weighted by Gasteiger charge is -2.19. The van der Waals surface area contributed by atoms with E-state index in [2.05, 4.69) is 82.5 Å². The van der Waals surface area contributed by atoms with E-state index in [1.54, 1.807) is 0 Å². The molecule has 1 aliphatic carbocycles. The fourth-order valence-corrected chi connectivity index (χ4v) is 4.70. The van der Waals surface area contributed by atoms with E-state index in [9.17, 15) is 0 Å². The molecular formula is C27H29N3O4. The second kappa shape index (κ2) is 10.9. The molecule has 1 saturated heterocycles. The minimum atomic E-state index is -1.82. The van der Waals surface area contributed by atoms with E-state index in [1.165, 1.54) is 54.7 Å². The number of likely N-dealkylation sites (tertiary alicyclic amines) is 1. The highest BCUT2D eigenvalue weighted by molar-refractivity contribution is 6.27. The molecule has 2 aliphatic rings. The van der Waals surface area contributed by atoms with Gasteiger partial charge in [0.15, 0.2) is 0 Å². The van der Waals surface area contributed by atoms with Crippen molar-refractivity contribution in [1.29, 1.82) is 0 Å². The summed E-state index contributed by atoms with van der Waals surface area (Å²) in [5.41, 5.74) is 6.85. The van der Waals surface area contributed by atoms with Crippen LogP contribution in [0, 0.1) is 0 Å². The zero-order valence-corrected chi connectivity index (χ0v) is 19.0. The Hall–Kier alpha value is -3.71. The van der Waals surface area contributed by atoms with Crippen LogP contribution in [-0.4, -0.2) is 56.5 Å². The minimum Gasteiger partial charge on any atom is -0.473 e. The molecule has 7 nitrogen and oxygen atoms in total. The number of hydrogen-bond acceptors (Lipinski definition) is 4. The van der Waals surface area contributed by atoms with Gasteiger partial charge in [-0.15, -0.1) is 0 Å². The van der Waals surface area contributed by atoms with E-state index in [0.29, 0.717) is 5.92 Å². The van der Waals surface area contributed by atoms with E-state index in [-0.39, 0.29) is 0 Å². The van der Waals surface area contributed by atoms with E-state index in [0.717, 1.165) is 18.7 Å². The summed E-state index contributed by atoms with van der Waals surface area (Å²) in [6, 6.07) is 21.5. The molecule has 3 aromatic rings. The molecule has 7 heteroatoms. The van der Waals surface area contributed by atoms with Crippen LogP contribution < -0.4 is 0 Å². The van der Waals surface area contributed by atoms with E-state index >= 15 is 0 Å². The standard InChI is InChI=1S/C25H27N3.C2H2O4/c1-3-8-20(9-4-1)22-15-17-27(19-22)16-14-21-10-7-13-25-24(21)18-26-28(25)23-11-5-2-6-12-23;3-1(4)2(5)6/h1-6,8-9,11-12,14,18,22H,7,10,13,15-17,19H2;(H,3,4)(H,5,6). The maximum Gasteiger partial charge on any atom is 0.414 e. The molecule has 0 spiro atoms. The van der Waals surface area contributed by atoms with Crippen LogP contribution in [0.2, 0.25) is 0 Å². The molecule has 1 aromatic heterocycles. The Labute approximate surface area is 199 Å². The number of rotatable bonds is 4. The lowest BCUT2D eigenvalue weighted by atomic mass is 9.92. The number of para-hydroxylation sites is 1. The molecular weight excluding hydrogens is 430 g/mol. The molecule has 2 heterocycles. The fourth-order valence-electron chi connectivity index (χ4n) is 4.70. The van der Waals surface area contributed by atoms with Crippen molar-refractivity contribution in [3.8, 4) is 5.69 Å². The summed E-state index contributed by atoms with van der Waals surface area (Å²) >= 11 is 0. The SMILES string of the molecule is C(CN1CCC(c2ccccc2)C1)=C1CCCc2c1cnn2-c1ccccc1.O=C(O)C(=O)O. The second-order valence-corrected chi connectivity index (χ2v) is 8.60. The van der Waals surface area contributed by atoms with Gasteiger partial charge in [-0.2, -0.15) is 5.10 Å². The van der Waals surface area contributed by atoms with Gasteiger partial charge in [0.05, 0.1) is 17.6 Å². The predicted molar refractivity (Wildman–Crippen MR) is 130 cm³/mol. The molecule has 0 amide bonds. The first-order valence-electron chi connectivity index (χ1n) is 11.6. The number of carboxylic acid groups (broad SMARTS) is 2. The van der Waals surface area contributed by atoms with Gasteiger partial charge < -0.3 is 10.2 Å².